The minimum atomic E-state index is 0.0146. The fourth-order valence-corrected chi connectivity index (χ4v) is 3.19. The highest BCUT2D eigenvalue weighted by atomic mass is 16.1. The molecule has 1 saturated heterocycles. The van der Waals surface area contributed by atoms with Crippen molar-refractivity contribution in [2.75, 3.05) is 39.3 Å². The van der Waals surface area contributed by atoms with Crippen molar-refractivity contribution in [3.63, 3.8) is 0 Å². The minimum absolute atomic E-state index is 0.0146. The van der Waals surface area contributed by atoms with Gasteiger partial charge in [-0.1, -0.05) is 29.6 Å². The van der Waals surface area contributed by atoms with Crippen molar-refractivity contribution in [1.82, 2.24) is 20.8 Å². The van der Waals surface area contributed by atoms with Crippen LogP contribution in [0.3, 0.4) is 0 Å². The maximum absolute atomic E-state index is 12.2. The van der Waals surface area contributed by atoms with Crippen LogP contribution in [0.4, 0.5) is 0 Å². The third-order valence-electron chi connectivity index (χ3n) is 4.71. The molecule has 6 heteroatoms. The van der Waals surface area contributed by atoms with E-state index >= 15 is 0 Å². The Hall–Kier alpha value is -2.05. The molecule has 2 aliphatic rings. The predicted octanol–water partition coefficient (Wildman–Crippen LogP) is 0.513. The second-order valence-corrected chi connectivity index (χ2v) is 6.57. The zero-order valence-electron chi connectivity index (χ0n) is 14.7. The normalized spacial score (nSPS) is 17.4. The number of unbranched alkanes of at least 4 members (excludes halogenated alkanes) is 1. The van der Waals surface area contributed by atoms with Crippen LogP contribution in [0.1, 0.15) is 23.2 Å². The number of benzene rings is 1. The van der Waals surface area contributed by atoms with Gasteiger partial charge in [0.15, 0.2) is 0 Å². The second-order valence-electron chi connectivity index (χ2n) is 6.57. The number of nitrogens with zero attached hydrogens (tertiary/aromatic N) is 1. The zero-order valence-corrected chi connectivity index (χ0v) is 14.7. The number of nitrogens with one attached hydrogen (secondary N) is 3. The molecule has 2 aliphatic heterocycles. The van der Waals surface area contributed by atoms with E-state index in [4.69, 9.17) is 0 Å². The average Bonchev–Trinajstić information content (AvgIpc) is 2.69. The molecule has 1 fully saturated rings. The number of carbonyl (C=O) groups excluding carboxylic acids is 1. The van der Waals surface area contributed by atoms with E-state index in [2.05, 4.69) is 26.7 Å². The van der Waals surface area contributed by atoms with Crippen LogP contribution in [0.25, 0.3) is 0 Å². The molecular weight excluding hydrogens is 311 g/mol. The summed E-state index contributed by atoms with van der Waals surface area (Å²) in [6, 6.07) is 7.83. The van der Waals surface area contributed by atoms with Crippen LogP contribution in [-0.2, 0) is 0 Å². The number of amides is 1. The molecule has 0 radical (unpaired) electrons. The van der Waals surface area contributed by atoms with Gasteiger partial charge in [0, 0.05) is 38.3 Å². The average molecular weight is 338 g/mol. The molecule has 0 saturated carbocycles. The van der Waals surface area contributed by atoms with Crippen LogP contribution in [0.2, 0.25) is 0 Å². The molecule has 25 heavy (non-hydrogen) atoms. The summed E-state index contributed by atoms with van der Waals surface area (Å²) in [5.74, 6) is 2.12. The Morgan fingerprint density at radius 3 is 2.64 bits per heavy atom. The fraction of sp³-hybridized carbons (Fsp3) is 0.421. The molecule has 132 valence electrons. The molecule has 0 atom stereocenters. The van der Waals surface area contributed by atoms with Crippen molar-refractivity contribution in [2.24, 2.45) is 0 Å². The van der Waals surface area contributed by atoms with E-state index in [0.29, 0.717) is 0 Å². The molecule has 0 unspecified atom stereocenters. The van der Waals surface area contributed by atoms with Gasteiger partial charge in [-0.15, -0.1) is 0 Å². The number of piperazine rings is 1. The van der Waals surface area contributed by atoms with Crippen LogP contribution in [0, 0.1) is 0 Å². The van der Waals surface area contributed by atoms with Gasteiger partial charge in [-0.25, -0.2) is 0 Å². The SMILES string of the molecule is O=C(NCCCCN1CCNCC1)c1ccc(B2C=CC=CN2)cc1. The van der Waals surface area contributed by atoms with Gasteiger partial charge in [0.2, 0.25) is 0 Å². The maximum atomic E-state index is 12.2. The molecule has 1 aromatic rings. The number of rotatable bonds is 7. The van der Waals surface area contributed by atoms with Gasteiger partial charge >= 0.3 is 6.85 Å². The summed E-state index contributed by atoms with van der Waals surface area (Å²) < 4.78 is 0. The molecule has 0 aliphatic carbocycles. The highest BCUT2D eigenvalue weighted by molar-refractivity contribution is 6.76. The number of carbonyl (C=O) groups is 1. The van der Waals surface area contributed by atoms with E-state index in [0.717, 1.165) is 63.1 Å². The van der Waals surface area contributed by atoms with Crippen molar-refractivity contribution in [3.8, 4) is 0 Å². The Bertz CT molecular complexity index is 608. The highest BCUT2D eigenvalue weighted by Crippen LogP contribution is 2.01. The second kappa shape index (κ2) is 9.44. The van der Waals surface area contributed by atoms with Gasteiger partial charge in [0.25, 0.3) is 5.91 Å². The Kier molecular flexibility index (Phi) is 6.71. The fourth-order valence-electron chi connectivity index (χ4n) is 3.19. The Labute approximate surface area is 150 Å². The highest BCUT2D eigenvalue weighted by Gasteiger charge is 2.14. The first kappa shape index (κ1) is 17.8. The third kappa shape index (κ3) is 5.48. The summed E-state index contributed by atoms with van der Waals surface area (Å²) in [4.78, 5) is 14.7. The summed E-state index contributed by atoms with van der Waals surface area (Å²) in [5, 5.41) is 9.67. The molecule has 0 aromatic heterocycles. The standard InChI is InChI=1S/C19H27BN4O/c25-19(22-10-3-4-14-24-15-12-21-13-16-24)17-5-7-18(8-6-17)20-9-1-2-11-23-20/h1-2,5-9,11,21,23H,3-4,10,12-16H2,(H,22,25). The van der Waals surface area contributed by atoms with E-state index in [9.17, 15) is 4.79 Å². The lowest BCUT2D eigenvalue weighted by atomic mass is 9.55. The summed E-state index contributed by atoms with van der Waals surface area (Å²) in [6.07, 6.45) is 8.09. The van der Waals surface area contributed by atoms with Crippen LogP contribution >= 0.6 is 0 Å². The van der Waals surface area contributed by atoms with E-state index in [-0.39, 0.29) is 12.8 Å². The summed E-state index contributed by atoms with van der Waals surface area (Å²) in [6.45, 7) is 6.52. The molecule has 1 amide bonds. The molecule has 0 spiro atoms. The van der Waals surface area contributed by atoms with Gasteiger partial charge < -0.3 is 20.8 Å². The summed E-state index contributed by atoms with van der Waals surface area (Å²) >= 11 is 0. The van der Waals surface area contributed by atoms with Crippen LogP contribution in [-0.4, -0.2) is 56.9 Å². The molecule has 3 N–H and O–H groups in total. The molecule has 3 rings (SSSR count). The van der Waals surface area contributed by atoms with E-state index < -0.39 is 0 Å². The molecule has 2 heterocycles. The quantitative estimate of drug-likeness (QED) is 0.501. The Balaban J connectivity index is 1.36. The third-order valence-corrected chi connectivity index (χ3v) is 4.71. The smallest absolute Gasteiger partial charge is 0.312 e. The number of hydrogen-bond acceptors (Lipinski definition) is 4. The summed E-state index contributed by atoms with van der Waals surface area (Å²) in [7, 11) is 0. The van der Waals surface area contributed by atoms with Crippen molar-refractivity contribution < 1.29 is 4.79 Å². The molecule has 1 aromatic carbocycles. The van der Waals surface area contributed by atoms with Crippen molar-refractivity contribution in [2.45, 2.75) is 12.8 Å². The van der Waals surface area contributed by atoms with Gasteiger partial charge in [0.1, 0.15) is 0 Å². The van der Waals surface area contributed by atoms with Crippen LogP contribution in [0.15, 0.2) is 48.6 Å². The first-order valence-electron chi connectivity index (χ1n) is 9.23. The van der Waals surface area contributed by atoms with E-state index in [1.165, 1.54) is 0 Å². The Morgan fingerprint density at radius 1 is 1.12 bits per heavy atom. The van der Waals surface area contributed by atoms with Gasteiger partial charge in [-0.05, 0) is 43.8 Å². The Morgan fingerprint density at radius 2 is 1.92 bits per heavy atom. The lowest BCUT2D eigenvalue weighted by Gasteiger charge is -2.27. The number of allylic oxidation sites excluding steroid dienone is 2. The predicted molar refractivity (Wildman–Crippen MR) is 104 cm³/mol. The zero-order chi connectivity index (χ0) is 17.3. The van der Waals surface area contributed by atoms with Crippen LogP contribution in [0.5, 0.6) is 0 Å². The van der Waals surface area contributed by atoms with Crippen molar-refractivity contribution >= 4 is 18.2 Å². The van der Waals surface area contributed by atoms with Crippen molar-refractivity contribution in [1.29, 1.82) is 0 Å². The first-order valence-corrected chi connectivity index (χ1v) is 9.23. The van der Waals surface area contributed by atoms with Gasteiger partial charge in [0.05, 0.1) is 0 Å². The lowest BCUT2D eigenvalue weighted by molar-refractivity contribution is 0.0952. The van der Waals surface area contributed by atoms with Crippen molar-refractivity contribution in [3.05, 3.63) is 54.2 Å². The largest absolute Gasteiger partial charge is 0.427 e. The molecular formula is C19H27BN4O. The van der Waals surface area contributed by atoms with E-state index in [1.807, 2.05) is 42.6 Å². The van der Waals surface area contributed by atoms with Crippen LogP contribution < -0.4 is 21.3 Å². The maximum Gasteiger partial charge on any atom is 0.312 e. The topological polar surface area (TPSA) is 56.4 Å². The van der Waals surface area contributed by atoms with Gasteiger partial charge in [-0.3, -0.25) is 4.79 Å². The number of hydrogen-bond donors (Lipinski definition) is 3. The molecule has 0 bridgehead atoms. The molecule has 5 nitrogen and oxygen atoms in total. The van der Waals surface area contributed by atoms with Gasteiger partial charge in [-0.2, -0.15) is 0 Å². The summed E-state index contributed by atoms with van der Waals surface area (Å²) in [5.41, 5.74) is 1.88. The van der Waals surface area contributed by atoms with E-state index in [1.54, 1.807) is 0 Å². The monoisotopic (exact) mass is 338 g/mol. The lowest BCUT2D eigenvalue weighted by Crippen LogP contribution is -2.43. The first-order chi connectivity index (χ1) is 12.3. The minimum Gasteiger partial charge on any atom is -0.427 e.